The third kappa shape index (κ3) is 4.14. The zero-order chi connectivity index (χ0) is 15.3. The maximum Gasteiger partial charge on any atom is 0.229 e. The molecule has 0 fully saturated rings. The molecule has 0 unspecified atom stereocenters. The van der Waals surface area contributed by atoms with Gasteiger partial charge in [0, 0.05) is 12.9 Å². The van der Waals surface area contributed by atoms with E-state index in [9.17, 15) is 4.79 Å². The highest BCUT2D eigenvalue weighted by atomic mass is 35.5. The molecular weight excluding hydrogens is 274 g/mol. The average molecular weight is 298 g/mol. The molecule has 0 aliphatic heterocycles. The second kappa shape index (κ2) is 6.98. The number of aryl methyl sites for hydroxylation is 1. The van der Waals surface area contributed by atoms with E-state index in [1.165, 1.54) is 5.56 Å². The van der Waals surface area contributed by atoms with Crippen molar-refractivity contribution in [2.75, 3.05) is 26.1 Å². The molecule has 0 N–H and O–H groups in total. The summed E-state index contributed by atoms with van der Waals surface area (Å²) >= 11 is 5.82. The summed E-state index contributed by atoms with van der Waals surface area (Å²) in [5.74, 6) is 1.23. The van der Waals surface area contributed by atoms with Gasteiger partial charge in [-0.25, -0.2) is 0 Å². The molecule has 0 aliphatic carbocycles. The molecule has 0 spiro atoms. The summed E-state index contributed by atoms with van der Waals surface area (Å²) in [5.41, 5.74) is 1.81. The van der Waals surface area contributed by atoms with Gasteiger partial charge in [-0.05, 0) is 44.9 Å². The van der Waals surface area contributed by atoms with Gasteiger partial charge in [-0.3, -0.25) is 4.79 Å². The van der Waals surface area contributed by atoms with Crippen molar-refractivity contribution in [3.05, 3.63) is 29.3 Å². The number of likely N-dealkylation sites (N-methyl/N-ethyl adjacent to an activating group) is 1. The molecule has 1 rings (SSSR count). The predicted octanol–water partition coefficient (Wildman–Crippen LogP) is 3.41. The summed E-state index contributed by atoms with van der Waals surface area (Å²) < 4.78 is 5.76. The van der Waals surface area contributed by atoms with Gasteiger partial charge in [0.25, 0.3) is 0 Å². The van der Waals surface area contributed by atoms with Crippen molar-refractivity contribution in [1.82, 2.24) is 4.90 Å². The van der Waals surface area contributed by atoms with E-state index in [2.05, 4.69) is 13.0 Å². The Labute approximate surface area is 126 Å². The SMILES string of the molecule is Cc1cccc(OCCN(C)C(=O)C(C)(C)CCl)c1C. The summed E-state index contributed by atoms with van der Waals surface area (Å²) in [6.07, 6.45) is 0. The van der Waals surface area contributed by atoms with E-state index >= 15 is 0 Å². The molecule has 1 aromatic rings. The van der Waals surface area contributed by atoms with Crippen molar-refractivity contribution in [2.24, 2.45) is 5.41 Å². The molecule has 112 valence electrons. The third-order valence-corrected chi connectivity index (χ3v) is 4.17. The van der Waals surface area contributed by atoms with Gasteiger partial charge in [0.1, 0.15) is 12.4 Å². The maximum atomic E-state index is 12.1. The lowest BCUT2D eigenvalue weighted by Gasteiger charge is -2.27. The van der Waals surface area contributed by atoms with Crippen LogP contribution < -0.4 is 4.74 Å². The summed E-state index contributed by atoms with van der Waals surface area (Å²) in [7, 11) is 1.78. The topological polar surface area (TPSA) is 29.5 Å². The average Bonchev–Trinajstić information content (AvgIpc) is 2.42. The van der Waals surface area contributed by atoms with Gasteiger partial charge in [0.2, 0.25) is 5.91 Å². The van der Waals surface area contributed by atoms with Crippen LogP contribution in [-0.4, -0.2) is 36.9 Å². The molecule has 0 saturated carbocycles. The molecule has 0 aliphatic rings. The lowest BCUT2D eigenvalue weighted by Crippen LogP contribution is -2.41. The first-order valence-corrected chi connectivity index (χ1v) is 7.33. The van der Waals surface area contributed by atoms with Crippen molar-refractivity contribution in [2.45, 2.75) is 27.7 Å². The Morgan fingerprint density at radius 1 is 1.35 bits per heavy atom. The highest BCUT2D eigenvalue weighted by molar-refractivity contribution is 6.19. The van der Waals surface area contributed by atoms with Crippen molar-refractivity contribution in [1.29, 1.82) is 0 Å². The molecule has 3 nitrogen and oxygen atoms in total. The van der Waals surface area contributed by atoms with Gasteiger partial charge in [0.15, 0.2) is 0 Å². The normalized spacial score (nSPS) is 11.3. The first kappa shape index (κ1) is 16.8. The van der Waals surface area contributed by atoms with E-state index in [4.69, 9.17) is 16.3 Å². The van der Waals surface area contributed by atoms with Crippen LogP contribution in [0.1, 0.15) is 25.0 Å². The monoisotopic (exact) mass is 297 g/mol. The Kier molecular flexibility index (Phi) is 5.88. The number of benzene rings is 1. The van der Waals surface area contributed by atoms with Gasteiger partial charge >= 0.3 is 0 Å². The number of halogens is 1. The lowest BCUT2D eigenvalue weighted by atomic mass is 9.94. The number of carbonyl (C=O) groups excluding carboxylic acids is 1. The highest BCUT2D eigenvalue weighted by Crippen LogP contribution is 2.21. The van der Waals surface area contributed by atoms with Crippen LogP contribution in [0.3, 0.4) is 0 Å². The van der Waals surface area contributed by atoms with Crippen LogP contribution in [0, 0.1) is 19.3 Å². The minimum atomic E-state index is -0.532. The molecule has 0 radical (unpaired) electrons. The van der Waals surface area contributed by atoms with Gasteiger partial charge in [-0.1, -0.05) is 12.1 Å². The van der Waals surface area contributed by atoms with Crippen LogP contribution in [-0.2, 0) is 4.79 Å². The standard InChI is InChI=1S/C16H24ClNO2/c1-12-7-6-8-14(13(12)2)20-10-9-18(5)15(19)16(3,4)11-17/h6-8H,9-11H2,1-5H3. The molecule has 20 heavy (non-hydrogen) atoms. The van der Waals surface area contributed by atoms with Crippen molar-refractivity contribution in [3.63, 3.8) is 0 Å². The van der Waals surface area contributed by atoms with E-state index in [1.54, 1.807) is 11.9 Å². The number of nitrogens with zero attached hydrogens (tertiary/aromatic N) is 1. The van der Waals surface area contributed by atoms with Crippen LogP contribution in [0.25, 0.3) is 0 Å². The molecular formula is C16H24ClNO2. The summed E-state index contributed by atoms with van der Waals surface area (Å²) in [6, 6.07) is 5.98. The van der Waals surface area contributed by atoms with Gasteiger partial charge < -0.3 is 9.64 Å². The molecule has 1 amide bonds. The van der Waals surface area contributed by atoms with E-state index in [-0.39, 0.29) is 5.91 Å². The van der Waals surface area contributed by atoms with Crippen molar-refractivity contribution >= 4 is 17.5 Å². The minimum Gasteiger partial charge on any atom is -0.491 e. The van der Waals surface area contributed by atoms with Crippen LogP contribution in [0.4, 0.5) is 0 Å². The van der Waals surface area contributed by atoms with Crippen molar-refractivity contribution < 1.29 is 9.53 Å². The number of carbonyl (C=O) groups is 1. The largest absolute Gasteiger partial charge is 0.491 e. The maximum absolute atomic E-state index is 12.1. The fourth-order valence-electron chi connectivity index (χ4n) is 1.85. The Morgan fingerprint density at radius 3 is 2.60 bits per heavy atom. The molecule has 0 heterocycles. The quantitative estimate of drug-likeness (QED) is 0.753. The lowest BCUT2D eigenvalue weighted by molar-refractivity contribution is -0.138. The zero-order valence-electron chi connectivity index (χ0n) is 13.0. The van der Waals surface area contributed by atoms with E-state index in [0.717, 1.165) is 11.3 Å². The second-order valence-corrected chi connectivity index (χ2v) is 6.06. The molecule has 0 atom stereocenters. The van der Waals surface area contributed by atoms with Gasteiger partial charge in [-0.2, -0.15) is 0 Å². The smallest absolute Gasteiger partial charge is 0.229 e. The first-order chi connectivity index (χ1) is 9.29. The summed E-state index contributed by atoms with van der Waals surface area (Å²) in [5, 5.41) is 0. The van der Waals surface area contributed by atoms with E-state index < -0.39 is 5.41 Å². The summed E-state index contributed by atoms with van der Waals surface area (Å²) in [4.78, 5) is 13.8. The van der Waals surface area contributed by atoms with Crippen LogP contribution in [0.5, 0.6) is 5.75 Å². The van der Waals surface area contributed by atoms with E-state index in [1.807, 2.05) is 32.9 Å². The fourth-order valence-corrected chi connectivity index (χ4v) is 1.96. The Bertz CT molecular complexity index is 472. The molecule has 4 heteroatoms. The molecule has 1 aromatic carbocycles. The van der Waals surface area contributed by atoms with E-state index in [0.29, 0.717) is 19.0 Å². The molecule has 0 aromatic heterocycles. The van der Waals surface area contributed by atoms with Crippen molar-refractivity contribution in [3.8, 4) is 5.75 Å². The van der Waals surface area contributed by atoms with Gasteiger partial charge in [0.05, 0.1) is 12.0 Å². The van der Waals surface area contributed by atoms with Crippen LogP contribution in [0.15, 0.2) is 18.2 Å². The van der Waals surface area contributed by atoms with Crippen LogP contribution in [0.2, 0.25) is 0 Å². The zero-order valence-corrected chi connectivity index (χ0v) is 13.8. The second-order valence-electron chi connectivity index (χ2n) is 5.79. The van der Waals surface area contributed by atoms with Crippen LogP contribution >= 0.6 is 11.6 Å². The third-order valence-electron chi connectivity index (χ3n) is 3.50. The predicted molar refractivity (Wildman–Crippen MR) is 83.5 cm³/mol. The minimum absolute atomic E-state index is 0.0389. The first-order valence-electron chi connectivity index (χ1n) is 6.80. The number of hydrogen-bond acceptors (Lipinski definition) is 2. The number of alkyl halides is 1. The Hall–Kier alpha value is -1.22. The number of hydrogen-bond donors (Lipinski definition) is 0. The highest BCUT2D eigenvalue weighted by Gasteiger charge is 2.29. The Morgan fingerprint density at radius 2 is 2.00 bits per heavy atom. The Balaban J connectivity index is 2.52. The molecule has 0 saturated heterocycles. The number of ether oxygens (including phenoxy) is 1. The number of amides is 1. The number of rotatable bonds is 6. The summed E-state index contributed by atoms with van der Waals surface area (Å²) in [6.45, 7) is 8.82. The fraction of sp³-hybridized carbons (Fsp3) is 0.562. The van der Waals surface area contributed by atoms with Gasteiger partial charge in [-0.15, -0.1) is 11.6 Å². The molecule has 0 bridgehead atoms.